The number of nitrogen functional groups attached to an aromatic ring is 1. The van der Waals surface area contributed by atoms with E-state index in [-0.39, 0.29) is 35.8 Å². The minimum Gasteiger partial charge on any atom is -0.460 e. The lowest BCUT2D eigenvalue weighted by Crippen LogP contribution is -2.34. The molecule has 7 atom stereocenters. The molecule has 5 rings (SSSR count). The van der Waals surface area contributed by atoms with Crippen LogP contribution in [0.4, 0.5) is 5.82 Å². The van der Waals surface area contributed by atoms with Crippen LogP contribution in [0.2, 0.25) is 0 Å². The van der Waals surface area contributed by atoms with Gasteiger partial charge in [-0.25, -0.2) is 28.6 Å². The highest BCUT2D eigenvalue weighted by Crippen LogP contribution is 2.67. The van der Waals surface area contributed by atoms with E-state index in [4.69, 9.17) is 28.6 Å². The molecule has 258 valence electrons. The van der Waals surface area contributed by atoms with E-state index in [0.717, 1.165) is 0 Å². The molecule has 48 heavy (non-hydrogen) atoms. The summed E-state index contributed by atoms with van der Waals surface area (Å²) in [6, 6.07) is 14.5. The van der Waals surface area contributed by atoms with Gasteiger partial charge in [0.05, 0.1) is 19.0 Å². The quantitative estimate of drug-likeness (QED) is 0.0868. The number of fused-ring (bicyclic) bond motifs is 1. The van der Waals surface area contributed by atoms with Gasteiger partial charge in [-0.15, -0.1) is 0 Å². The maximum absolute atomic E-state index is 13.7. The van der Waals surface area contributed by atoms with Gasteiger partial charge >= 0.3 is 29.4 Å². The number of esters is 1. The second-order valence-corrected chi connectivity index (χ2v) is 15.2. The molecule has 4 unspecified atom stereocenters. The van der Waals surface area contributed by atoms with Crippen LogP contribution in [-0.4, -0.2) is 65.2 Å². The lowest BCUT2D eigenvalue weighted by atomic mass is 10.2. The van der Waals surface area contributed by atoms with E-state index < -0.39 is 60.4 Å². The van der Waals surface area contributed by atoms with Gasteiger partial charge < -0.3 is 34.6 Å². The second kappa shape index (κ2) is 14.9. The lowest BCUT2D eigenvalue weighted by Gasteiger charge is -2.24. The average molecular weight is 728 g/mol. The van der Waals surface area contributed by atoms with Crippen LogP contribution in [0.1, 0.15) is 25.1 Å². The highest BCUT2D eigenvalue weighted by molar-refractivity contribution is 7.68. The molecule has 0 saturated carbocycles. The minimum atomic E-state index is -5.75. The third-order valence-corrected chi connectivity index (χ3v) is 11.5. The number of carbonyl (C=O) groups excluding carboxylic acids is 1. The fourth-order valence-corrected chi connectivity index (χ4v) is 8.87. The van der Waals surface area contributed by atoms with E-state index >= 15 is 0 Å². The van der Waals surface area contributed by atoms with Crippen molar-refractivity contribution in [3.63, 3.8) is 0 Å². The third kappa shape index (κ3) is 9.31. The number of nitrogens with zero attached hydrogens (tertiary/aromatic N) is 4. The van der Waals surface area contributed by atoms with E-state index in [1.165, 1.54) is 48.4 Å². The number of nitrogens with one attached hydrogen (secondary N) is 1. The monoisotopic (exact) mass is 728 g/mol. The molecular weight excluding hydrogens is 697 g/mol. The van der Waals surface area contributed by atoms with Crippen LogP contribution in [0.15, 0.2) is 73.3 Å². The van der Waals surface area contributed by atoms with Gasteiger partial charge in [-0.2, -0.15) is 13.7 Å². The van der Waals surface area contributed by atoms with Crippen molar-refractivity contribution in [1.29, 1.82) is 0 Å². The Kier molecular flexibility index (Phi) is 11.1. The SMILES string of the molecule is C[C@H](NP(=O)(Oc1ccccc1)OP(=O)(O)OP(=O)(O)OC[C@@H]1CC(O)[C@H](n2cnc3c(N)ncnc32)O1)C(=O)OCc1ccccc1. The molecule has 22 heteroatoms. The van der Waals surface area contributed by atoms with Gasteiger partial charge in [-0.3, -0.25) is 13.9 Å². The first-order chi connectivity index (χ1) is 22.7. The van der Waals surface area contributed by atoms with Crippen molar-refractivity contribution in [1.82, 2.24) is 24.6 Å². The van der Waals surface area contributed by atoms with Crippen LogP contribution < -0.4 is 15.3 Å². The van der Waals surface area contributed by atoms with Crippen LogP contribution in [0.25, 0.3) is 11.2 Å². The Bertz CT molecular complexity index is 1870. The van der Waals surface area contributed by atoms with Crippen molar-refractivity contribution >= 4 is 46.3 Å². The Morgan fingerprint density at radius 1 is 1.04 bits per heavy atom. The van der Waals surface area contributed by atoms with Gasteiger partial charge in [-0.05, 0) is 24.6 Å². The maximum Gasteiger partial charge on any atom is 0.490 e. The molecule has 0 bridgehead atoms. The van der Waals surface area contributed by atoms with Crippen LogP contribution in [-0.2, 0) is 47.7 Å². The number of ether oxygens (including phenoxy) is 2. The number of aliphatic hydroxyl groups is 1. The van der Waals surface area contributed by atoms with E-state index in [2.05, 4.69) is 24.3 Å². The fourth-order valence-electron chi connectivity index (χ4n) is 4.46. The summed E-state index contributed by atoms with van der Waals surface area (Å²) in [5.41, 5.74) is 6.98. The summed E-state index contributed by atoms with van der Waals surface area (Å²) >= 11 is 0. The van der Waals surface area contributed by atoms with Gasteiger partial charge in [-0.1, -0.05) is 48.5 Å². The number of aliphatic hydroxyl groups excluding tert-OH is 1. The lowest BCUT2D eigenvalue weighted by molar-refractivity contribution is -0.146. The smallest absolute Gasteiger partial charge is 0.460 e. The van der Waals surface area contributed by atoms with Crippen molar-refractivity contribution in [2.24, 2.45) is 0 Å². The number of rotatable bonds is 15. The molecule has 0 radical (unpaired) electrons. The first-order valence-corrected chi connectivity index (χ1v) is 18.6. The Morgan fingerprint density at radius 3 is 2.44 bits per heavy atom. The van der Waals surface area contributed by atoms with E-state index in [1.54, 1.807) is 36.4 Å². The van der Waals surface area contributed by atoms with Gasteiger partial charge in [0.2, 0.25) is 0 Å². The van der Waals surface area contributed by atoms with Crippen molar-refractivity contribution < 1.29 is 60.5 Å². The topological polar surface area (TPSA) is 266 Å². The van der Waals surface area contributed by atoms with Crippen LogP contribution in [0.3, 0.4) is 0 Å². The van der Waals surface area contributed by atoms with E-state index in [0.29, 0.717) is 5.56 Å². The van der Waals surface area contributed by atoms with Gasteiger partial charge in [0, 0.05) is 6.42 Å². The molecule has 2 aromatic carbocycles. The normalized spacial score (nSPS) is 22.3. The summed E-state index contributed by atoms with van der Waals surface area (Å²) in [5.74, 6) is -0.944. The summed E-state index contributed by atoms with van der Waals surface area (Å²) < 4.78 is 70.8. The van der Waals surface area contributed by atoms with Crippen molar-refractivity contribution in [2.75, 3.05) is 12.3 Å². The average Bonchev–Trinajstić information content (AvgIpc) is 3.62. The number of aromatic nitrogens is 4. The second-order valence-electron chi connectivity index (χ2n) is 10.3. The van der Waals surface area contributed by atoms with Gasteiger partial charge in [0.15, 0.2) is 17.7 Å². The zero-order chi connectivity index (χ0) is 34.5. The number of para-hydroxylation sites is 1. The van der Waals surface area contributed by atoms with Gasteiger partial charge in [0.1, 0.15) is 36.3 Å². The molecule has 2 aromatic heterocycles. The number of anilines is 1. The molecule has 0 spiro atoms. The zero-order valence-electron chi connectivity index (χ0n) is 25.0. The Morgan fingerprint density at radius 2 is 1.73 bits per heavy atom. The summed E-state index contributed by atoms with van der Waals surface area (Å²) in [6.45, 7) is 0.387. The molecule has 1 aliphatic heterocycles. The molecule has 0 aliphatic carbocycles. The third-order valence-electron chi connectivity index (χ3n) is 6.57. The Balaban J connectivity index is 1.21. The molecule has 19 nitrogen and oxygen atoms in total. The molecule has 4 aromatic rings. The van der Waals surface area contributed by atoms with E-state index in [9.17, 15) is 33.4 Å². The fraction of sp³-hybridized carbons (Fsp3) is 0.308. The Labute approximate surface area is 272 Å². The number of phosphoric acid groups is 2. The standard InChI is InChI=1S/C26H31N6O13P3/c1-17(26(34)40-13-18-8-4-2-5-9-18)31-46(35,43-19-10-6-3-7-11-19)44-48(38,39)45-47(36,37)41-14-20-12-21(33)25(42-20)32-16-30-22-23(27)28-15-29-24(22)32/h2-11,15-17,20-21,25,33H,12-14H2,1H3,(H,31,35)(H,36,37)(H,38,39)(H2,27,28,29)/t17-,20-,21?,25+,46?/m0/s1. The van der Waals surface area contributed by atoms with Crippen molar-refractivity contribution in [2.45, 2.75) is 44.4 Å². The molecular formula is C26H31N6O13P3. The molecule has 0 amide bonds. The number of nitrogens with two attached hydrogens (primary N) is 1. The van der Waals surface area contributed by atoms with Crippen molar-refractivity contribution in [3.8, 4) is 5.75 Å². The Hall–Kier alpha value is -3.57. The van der Waals surface area contributed by atoms with Crippen LogP contribution >= 0.6 is 23.4 Å². The molecule has 1 saturated heterocycles. The number of hydrogen-bond acceptors (Lipinski definition) is 15. The first-order valence-electron chi connectivity index (χ1n) is 14.0. The number of imidazole rings is 1. The summed E-state index contributed by atoms with van der Waals surface area (Å²) in [7, 11) is -16.2. The van der Waals surface area contributed by atoms with Crippen molar-refractivity contribution in [3.05, 3.63) is 78.9 Å². The minimum absolute atomic E-state index is 0.0967. The summed E-state index contributed by atoms with van der Waals surface area (Å²) in [4.78, 5) is 45.3. The molecule has 3 heterocycles. The van der Waals surface area contributed by atoms with Crippen LogP contribution in [0, 0.1) is 0 Å². The zero-order valence-corrected chi connectivity index (χ0v) is 27.7. The molecule has 1 aliphatic rings. The summed E-state index contributed by atoms with van der Waals surface area (Å²) in [6.07, 6.45) is -0.782. The number of carbonyl (C=O) groups is 1. The number of hydrogen-bond donors (Lipinski definition) is 5. The predicted molar refractivity (Wildman–Crippen MR) is 166 cm³/mol. The van der Waals surface area contributed by atoms with Gasteiger partial charge in [0.25, 0.3) is 0 Å². The first kappa shape index (κ1) is 35.7. The molecule has 1 fully saturated rings. The predicted octanol–water partition coefficient (Wildman–Crippen LogP) is 3.22. The molecule has 6 N–H and O–H groups in total. The highest BCUT2D eigenvalue weighted by Gasteiger charge is 2.46. The number of phosphoric ester groups is 1. The van der Waals surface area contributed by atoms with E-state index in [1.807, 2.05) is 0 Å². The largest absolute Gasteiger partial charge is 0.490 e. The highest BCUT2D eigenvalue weighted by atomic mass is 31.3. The summed E-state index contributed by atoms with van der Waals surface area (Å²) in [5, 5.41) is 12.7. The number of benzene rings is 2. The van der Waals surface area contributed by atoms with Crippen LogP contribution in [0.5, 0.6) is 5.75 Å². The maximum atomic E-state index is 13.7.